The van der Waals surface area contributed by atoms with Gasteiger partial charge in [-0.3, -0.25) is 4.79 Å². The van der Waals surface area contributed by atoms with Crippen molar-refractivity contribution in [2.24, 2.45) is 0 Å². The van der Waals surface area contributed by atoms with Gasteiger partial charge in [0.05, 0.1) is 6.61 Å². The lowest BCUT2D eigenvalue weighted by molar-refractivity contribution is -0.231. The minimum absolute atomic E-state index is 0.119. The fourth-order valence-electron chi connectivity index (χ4n) is 2.61. The first-order valence-electron chi connectivity index (χ1n) is 8.05. The summed E-state index contributed by atoms with van der Waals surface area (Å²) in [6, 6.07) is 3.35. The minimum atomic E-state index is -1.50. The summed E-state index contributed by atoms with van der Waals surface area (Å²) >= 11 is 6.78. The second-order valence-electron chi connectivity index (χ2n) is 5.99. The van der Waals surface area contributed by atoms with Crippen LogP contribution in [0.3, 0.4) is 0 Å². The van der Waals surface area contributed by atoms with Gasteiger partial charge in [-0.2, -0.15) is 0 Å². The molecule has 5 atom stereocenters. The van der Waals surface area contributed by atoms with Gasteiger partial charge >= 0.3 is 0 Å². The number of nitrogens with one attached hydrogen (secondary N) is 1. The lowest BCUT2D eigenvalue weighted by atomic mass is 9.95. The smallest absolute Gasteiger partial charge is 0.271 e. The van der Waals surface area contributed by atoms with Gasteiger partial charge in [0.15, 0.2) is 0 Å². The summed E-state index contributed by atoms with van der Waals surface area (Å²) in [5.41, 5.74) is 0.881. The van der Waals surface area contributed by atoms with Gasteiger partial charge in [-0.05, 0) is 11.6 Å². The Hall–Kier alpha value is -1.66. The summed E-state index contributed by atoms with van der Waals surface area (Å²) in [7, 11) is 0. The number of hydrogen-bond acceptors (Lipinski definition) is 9. The molecule has 0 saturated carbocycles. The van der Waals surface area contributed by atoms with Crippen LogP contribution in [0.2, 0.25) is 5.15 Å². The van der Waals surface area contributed by atoms with E-state index in [0.29, 0.717) is 5.15 Å². The molecule has 1 aliphatic heterocycles. The fourth-order valence-corrected chi connectivity index (χ4v) is 3.60. The zero-order valence-corrected chi connectivity index (χ0v) is 15.5. The molecule has 2 aromatic rings. The first kappa shape index (κ1) is 20.1. The molecule has 3 rings (SSSR count). The van der Waals surface area contributed by atoms with Crippen molar-refractivity contribution in [2.75, 3.05) is 6.61 Å². The normalized spacial score (nSPS) is 28.1. The van der Waals surface area contributed by atoms with Gasteiger partial charge in [0.25, 0.3) is 5.91 Å². The van der Waals surface area contributed by atoms with Crippen LogP contribution in [0.25, 0.3) is 0 Å². The number of ether oxygens (including phenoxy) is 1. The highest BCUT2D eigenvalue weighted by atomic mass is 35.5. The number of nitrogens with zero attached hydrogens (tertiary/aromatic N) is 2. The highest BCUT2D eigenvalue weighted by molar-refractivity contribution is 7.09. The van der Waals surface area contributed by atoms with Crippen molar-refractivity contribution in [1.29, 1.82) is 0 Å². The Morgan fingerprint density at radius 1 is 1.26 bits per heavy atom. The van der Waals surface area contributed by atoms with Gasteiger partial charge in [-0.25, -0.2) is 9.97 Å². The lowest BCUT2D eigenvalue weighted by Crippen LogP contribution is -2.55. The van der Waals surface area contributed by atoms with Crippen LogP contribution in [0.5, 0.6) is 0 Å². The highest BCUT2D eigenvalue weighted by Gasteiger charge is 2.45. The maximum absolute atomic E-state index is 12.3. The van der Waals surface area contributed by atoms with E-state index in [1.165, 1.54) is 5.38 Å². The molecule has 0 radical (unpaired) electrons. The van der Waals surface area contributed by atoms with Crippen LogP contribution in [0.1, 0.15) is 27.2 Å². The zero-order valence-electron chi connectivity index (χ0n) is 13.9. The van der Waals surface area contributed by atoms with Crippen LogP contribution < -0.4 is 5.32 Å². The molecule has 9 nitrogen and oxygen atoms in total. The van der Waals surface area contributed by atoms with Crippen molar-refractivity contribution in [1.82, 2.24) is 15.3 Å². The number of hydrogen-bond donors (Lipinski definition) is 5. The quantitative estimate of drug-likeness (QED) is 0.416. The standard InChI is InChI=1S/C16H18ClN3O6S/c17-10-2-1-7(3-18-10)4-19-15(25)8-6-27-16(20-8)14-13(24)12(23)11(22)9(5-21)26-14/h1-3,6,9,11-14,21-24H,4-5H2,(H,19,25)/t9-,11+,12+,13-,14-/m1/s1. The number of aromatic nitrogens is 2. The molecule has 3 heterocycles. The molecule has 1 amide bonds. The summed E-state index contributed by atoms with van der Waals surface area (Å²) in [5.74, 6) is -0.433. The van der Waals surface area contributed by atoms with Gasteiger partial charge in [0.2, 0.25) is 0 Å². The molecule has 1 aliphatic rings. The largest absolute Gasteiger partial charge is 0.394 e. The third kappa shape index (κ3) is 4.43. The summed E-state index contributed by atoms with van der Waals surface area (Å²) in [4.78, 5) is 20.3. The van der Waals surface area contributed by atoms with Gasteiger partial charge in [0, 0.05) is 18.1 Å². The number of aliphatic hydroxyl groups is 4. The number of thiazole rings is 1. The van der Waals surface area contributed by atoms with Crippen molar-refractivity contribution in [3.63, 3.8) is 0 Å². The monoisotopic (exact) mass is 415 g/mol. The third-order valence-electron chi connectivity index (χ3n) is 4.13. The molecule has 5 N–H and O–H groups in total. The van der Waals surface area contributed by atoms with E-state index in [4.69, 9.17) is 16.3 Å². The van der Waals surface area contributed by atoms with Crippen LogP contribution in [0, 0.1) is 0 Å². The Morgan fingerprint density at radius 3 is 2.70 bits per heavy atom. The molecular weight excluding hydrogens is 398 g/mol. The predicted octanol–water partition coefficient (Wildman–Crippen LogP) is -0.364. The molecule has 146 valence electrons. The van der Waals surface area contributed by atoms with Crippen molar-refractivity contribution in [3.8, 4) is 0 Å². The maximum atomic E-state index is 12.3. The number of carbonyl (C=O) groups excluding carboxylic acids is 1. The topological polar surface area (TPSA) is 145 Å². The van der Waals surface area contributed by atoms with Crippen molar-refractivity contribution in [2.45, 2.75) is 37.1 Å². The molecule has 0 aliphatic carbocycles. The molecule has 2 aromatic heterocycles. The van der Waals surface area contributed by atoms with E-state index >= 15 is 0 Å². The van der Waals surface area contributed by atoms with Gasteiger partial charge in [-0.15, -0.1) is 11.3 Å². The van der Waals surface area contributed by atoms with E-state index in [0.717, 1.165) is 16.9 Å². The Labute approximate surface area is 163 Å². The number of amides is 1. The SMILES string of the molecule is O=C(NCc1ccc(Cl)nc1)c1csc([C@@H]2O[C@H](CO)[C@H](O)[C@H](O)[C@H]2O)n1. The molecule has 0 bridgehead atoms. The summed E-state index contributed by atoms with van der Waals surface area (Å²) in [6.07, 6.45) is -4.94. The van der Waals surface area contributed by atoms with E-state index in [1.807, 2.05) is 0 Å². The number of aliphatic hydroxyl groups excluding tert-OH is 4. The first-order valence-corrected chi connectivity index (χ1v) is 9.31. The molecular formula is C16H18ClN3O6S. The van der Waals surface area contributed by atoms with E-state index in [-0.39, 0.29) is 17.2 Å². The number of carbonyl (C=O) groups is 1. The number of pyridine rings is 1. The second kappa shape index (κ2) is 8.57. The van der Waals surface area contributed by atoms with Crippen LogP contribution in [-0.2, 0) is 11.3 Å². The van der Waals surface area contributed by atoms with E-state index in [1.54, 1.807) is 18.3 Å². The summed E-state index contributed by atoms with van der Waals surface area (Å²) < 4.78 is 5.44. The minimum Gasteiger partial charge on any atom is -0.394 e. The van der Waals surface area contributed by atoms with E-state index in [9.17, 15) is 25.2 Å². The summed E-state index contributed by atoms with van der Waals surface area (Å²) in [5, 5.41) is 43.9. The average Bonchev–Trinajstić information content (AvgIpc) is 3.16. The first-order chi connectivity index (χ1) is 12.9. The average molecular weight is 416 g/mol. The van der Waals surface area contributed by atoms with Crippen LogP contribution >= 0.6 is 22.9 Å². The van der Waals surface area contributed by atoms with Crippen molar-refractivity contribution in [3.05, 3.63) is 45.1 Å². The molecule has 1 fully saturated rings. The van der Waals surface area contributed by atoms with Crippen LogP contribution in [0.15, 0.2) is 23.7 Å². The van der Waals surface area contributed by atoms with Crippen molar-refractivity contribution < 1.29 is 30.0 Å². The Balaban J connectivity index is 1.66. The van der Waals surface area contributed by atoms with Gasteiger partial charge < -0.3 is 30.5 Å². The summed E-state index contributed by atoms with van der Waals surface area (Å²) in [6.45, 7) is -0.300. The Kier molecular flexibility index (Phi) is 6.37. The second-order valence-corrected chi connectivity index (χ2v) is 7.27. The molecule has 27 heavy (non-hydrogen) atoms. The van der Waals surface area contributed by atoms with Gasteiger partial charge in [-0.1, -0.05) is 17.7 Å². The highest BCUT2D eigenvalue weighted by Crippen LogP contribution is 2.33. The molecule has 0 aromatic carbocycles. The number of rotatable bonds is 5. The Bertz CT molecular complexity index is 787. The zero-order chi connectivity index (χ0) is 19.6. The molecule has 0 unspecified atom stereocenters. The maximum Gasteiger partial charge on any atom is 0.271 e. The fraction of sp³-hybridized carbons (Fsp3) is 0.438. The van der Waals surface area contributed by atoms with Gasteiger partial charge in [0.1, 0.15) is 46.4 Å². The third-order valence-corrected chi connectivity index (χ3v) is 5.26. The number of halogens is 1. The molecule has 11 heteroatoms. The predicted molar refractivity (Wildman–Crippen MR) is 95.3 cm³/mol. The Morgan fingerprint density at radius 2 is 2.04 bits per heavy atom. The van der Waals surface area contributed by atoms with E-state index in [2.05, 4.69) is 15.3 Å². The molecule has 0 spiro atoms. The van der Waals surface area contributed by atoms with Crippen LogP contribution in [-0.4, -0.2) is 67.3 Å². The lowest BCUT2D eigenvalue weighted by Gasteiger charge is -2.39. The van der Waals surface area contributed by atoms with Crippen molar-refractivity contribution >= 4 is 28.8 Å². The van der Waals surface area contributed by atoms with E-state index < -0.39 is 43.0 Å². The van der Waals surface area contributed by atoms with Crippen LogP contribution in [0.4, 0.5) is 0 Å². The molecule has 1 saturated heterocycles.